The Hall–Kier alpha value is -3.26. The minimum absolute atomic E-state index is 0.0557. The molecule has 2 aliphatic heterocycles. The first kappa shape index (κ1) is 20.6. The predicted molar refractivity (Wildman–Crippen MR) is 116 cm³/mol. The molecule has 0 aliphatic carbocycles. The highest BCUT2D eigenvalue weighted by Gasteiger charge is 2.56. The maximum Gasteiger partial charge on any atom is 0.260 e. The zero-order valence-corrected chi connectivity index (χ0v) is 18.0. The van der Waals surface area contributed by atoms with Gasteiger partial charge in [0.05, 0.1) is 0 Å². The van der Waals surface area contributed by atoms with Gasteiger partial charge in [-0.3, -0.25) is 14.8 Å². The number of benzene rings is 2. The van der Waals surface area contributed by atoms with Crippen molar-refractivity contribution in [1.82, 2.24) is 25.0 Å². The van der Waals surface area contributed by atoms with Gasteiger partial charge in [0.2, 0.25) is 0 Å². The highest BCUT2D eigenvalue weighted by Crippen LogP contribution is 2.48. The molecule has 32 heavy (non-hydrogen) atoms. The number of aromatic amines is 1. The number of carbonyl (C=O) groups excluding carboxylic acids is 1. The number of aryl methyl sites for hydroxylation is 1. The van der Waals surface area contributed by atoms with Crippen molar-refractivity contribution < 1.29 is 13.9 Å². The minimum atomic E-state index is -0.331. The first-order valence-electron chi connectivity index (χ1n) is 10.8. The topological polar surface area (TPSA) is 74.3 Å². The molecule has 0 bridgehead atoms. The molecule has 2 saturated heterocycles. The predicted octanol–water partition coefficient (Wildman–Crippen LogP) is 2.76. The molecule has 8 heteroatoms. The number of H-pyrrole nitrogens is 1. The standard InChI is InChI=1S/C24H26FN5O2/c1-17-26-23(28-27-17)21-12-29(11-18-5-3-2-4-6-18)14-24(21)15-30(16-24)22(31)13-32-20-9-7-19(25)8-10-20/h2-10,21H,11-16H2,1H3,(H,26,27,28). The van der Waals surface area contributed by atoms with Crippen LogP contribution in [-0.4, -0.2) is 63.7 Å². The van der Waals surface area contributed by atoms with E-state index in [1.54, 1.807) is 0 Å². The van der Waals surface area contributed by atoms with Crippen LogP contribution >= 0.6 is 0 Å². The number of rotatable bonds is 6. The lowest BCUT2D eigenvalue weighted by Crippen LogP contribution is -2.62. The average molecular weight is 436 g/mol. The van der Waals surface area contributed by atoms with Crippen molar-refractivity contribution in [1.29, 1.82) is 0 Å². The van der Waals surface area contributed by atoms with Crippen molar-refractivity contribution in [3.8, 4) is 5.75 Å². The summed E-state index contributed by atoms with van der Waals surface area (Å²) in [5, 5.41) is 7.41. The van der Waals surface area contributed by atoms with Crippen molar-refractivity contribution in [2.24, 2.45) is 5.41 Å². The number of hydrogen-bond donors (Lipinski definition) is 1. The maximum atomic E-state index is 13.0. The molecule has 1 spiro atoms. The van der Waals surface area contributed by atoms with Gasteiger partial charge in [-0.1, -0.05) is 30.3 Å². The molecule has 166 valence electrons. The maximum absolute atomic E-state index is 13.0. The molecular formula is C24H26FN5O2. The van der Waals surface area contributed by atoms with Gasteiger partial charge in [-0.15, -0.1) is 0 Å². The van der Waals surface area contributed by atoms with Crippen LogP contribution in [0.5, 0.6) is 5.75 Å². The van der Waals surface area contributed by atoms with Crippen LogP contribution in [0.25, 0.3) is 0 Å². The molecule has 1 amide bonds. The zero-order valence-electron chi connectivity index (χ0n) is 18.0. The fourth-order valence-corrected chi connectivity index (χ4v) is 4.88. The molecule has 2 aliphatic rings. The number of nitrogens with one attached hydrogen (secondary N) is 1. The van der Waals surface area contributed by atoms with Gasteiger partial charge >= 0.3 is 0 Å². The molecule has 1 N–H and O–H groups in total. The Morgan fingerprint density at radius 1 is 1.16 bits per heavy atom. The molecule has 0 saturated carbocycles. The smallest absolute Gasteiger partial charge is 0.260 e. The molecule has 1 aromatic heterocycles. The third-order valence-corrected chi connectivity index (χ3v) is 6.43. The first-order valence-corrected chi connectivity index (χ1v) is 10.8. The van der Waals surface area contributed by atoms with Crippen molar-refractivity contribution in [3.63, 3.8) is 0 Å². The molecule has 5 rings (SSSR count). The molecule has 3 aromatic rings. The van der Waals surface area contributed by atoms with Crippen LogP contribution in [0.2, 0.25) is 0 Å². The van der Waals surface area contributed by atoms with E-state index in [-0.39, 0.29) is 29.7 Å². The van der Waals surface area contributed by atoms with Gasteiger partial charge in [0, 0.05) is 44.1 Å². The van der Waals surface area contributed by atoms with Crippen molar-refractivity contribution in [3.05, 3.63) is 77.6 Å². The van der Waals surface area contributed by atoms with Crippen LogP contribution < -0.4 is 4.74 Å². The Balaban J connectivity index is 1.25. The number of carbonyl (C=O) groups is 1. The quantitative estimate of drug-likeness (QED) is 0.645. The summed E-state index contributed by atoms with van der Waals surface area (Å²) in [5.41, 5.74) is 1.21. The highest BCUT2D eigenvalue weighted by atomic mass is 19.1. The number of aromatic nitrogens is 3. The Morgan fingerprint density at radius 3 is 2.59 bits per heavy atom. The number of halogens is 1. The minimum Gasteiger partial charge on any atom is -0.484 e. The van der Waals surface area contributed by atoms with Gasteiger partial charge in [-0.25, -0.2) is 9.37 Å². The van der Waals surface area contributed by atoms with E-state index in [4.69, 9.17) is 4.74 Å². The fourth-order valence-electron chi connectivity index (χ4n) is 4.88. The average Bonchev–Trinajstić information content (AvgIpc) is 3.36. The number of ether oxygens (including phenoxy) is 1. The van der Waals surface area contributed by atoms with E-state index >= 15 is 0 Å². The monoisotopic (exact) mass is 435 g/mol. The molecule has 7 nitrogen and oxygen atoms in total. The Morgan fingerprint density at radius 2 is 1.91 bits per heavy atom. The molecule has 2 aromatic carbocycles. The van der Waals surface area contributed by atoms with Crippen LogP contribution in [0.3, 0.4) is 0 Å². The van der Waals surface area contributed by atoms with Crippen LogP contribution in [0.4, 0.5) is 4.39 Å². The fraction of sp³-hybridized carbons (Fsp3) is 0.375. The highest BCUT2D eigenvalue weighted by molar-refractivity contribution is 5.79. The second-order valence-corrected chi connectivity index (χ2v) is 8.84. The molecule has 2 fully saturated rings. The lowest BCUT2D eigenvalue weighted by atomic mass is 9.71. The molecule has 3 heterocycles. The Labute approximate surface area is 186 Å². The summed E-state index contributed by atoms with van der Waals surface area (Å²) < 4.78 is 18.6. The van der Waals surface area contributed by atoms with Crippen molar-refractivity contribution in [2.75, 3.05) is 32.8 Å². The summed E-state index contributed by atoms with van der Waals surface area (Å²) in [6.45, 7) is 5.78. The van der Waals surface area contributed by atoms with Gasteiger partial charge in [0.25, 0.3) is 5.91 Å². The third kappa shape index (κ3) is 4.10. The summed E-state index contributed by atoms with van der Waals surface area (Å²) >= 11 is 0. The van der Waals surface area contributed by atoms with E-state index in [2.05, 4.69) is 44.3 Å². The van der Waals surface area contributed by atoms with E-state index in [9.17, 15) is 9.18 Å². The summed E-state index contributed by atoms with van der Waals surface area (Å²) in [4.78, 5) is 21.6. The van der Waals surface area contributed by atoms with E-state index in [1.807, 2.05) is 17.9 Å². The first-order chi connectivity index (χ1) is 15.5. The second-order valence-electron chi connectivity index (χ2n) is 8.84. The number of nitrogens with zero attached hydrogens (tertiary/aromatic N) is 4. The number of amides is 1. The number of likely N-dealkylation sites (tertiary alicyclic amines) is 2. The third-order valence-electron chi connectivity index (χ3n) is 6.43. The van der Waals surface area contributed by atoms with Gasteiger partial charge in [0.1, 0.15) is 17.4 Å². The summed E-state index contributed by atoms with van der Waals surface area (Å²) in [6.07, 6.45) is 0. The molecular weight excluding hydrogens is 409 g/mol. The largest absolute Gasteiger partial charge is 0.484 e. The summed E-state index contributed by atoms with van der Waals surface area (Å²) in [7, 11) is 0. The molecule has 0 radical (unpaired) electrons. The van der Waals surface area contributed by atoms with Gasteiger partial charge in [0.15, 0.2) is 12.4 Å². The van der Waals surface area contributed by atoms with E-state index in [0.29, 0.717) is 18.8 Å². The van der Waals surface area contributed by atoms with Crippen LogP contribution in [0, 0.1) is 18.2 Å². The number of hydrogen-bond acceptors (Lipinski definition) is 5. The van der Waals surface area contributed by atoms with Crippen LogP contribution in [0.15, 0.2) is 54.6 Å². The Kier molecular flexibility index (Phi) is 5.38. The SMILES string of the molecule is Cc1nc(C2CN(Cc3ccccc3)CC23CN(C(=O)COc2ccc(F)cc2)C3)n[nH]1. The van der Waals surface area contributed by atoms with Crippen molar-refractivity contribution in [2.45, 2.75) is 19.4 Å². The zero-order chi connectivity index (χ0) is 22.1. The van der Waals surface area contributed by atoms with E-state index < -0.39 is 0 Å². The Bertz CT molecular complexity index is 1080. The molecule has 1 unspecified atom stereocenters. The lowest BCUT2D eigenvalue weighted by molar-refractivity contribution is -0.145. The van der Waals surface area contributed by atoms with Crippen molar-refractivity contribution >= 4 is 5.91 Å². The second kappa shape index (κ2) is 8.35. The van der Waals surface area contributed by atoms with Gasteiger partial charge in [-0.2, -0.15) is 5.10 Å². The van der Waals surface area contributed by atoms with Crippen LogP contribution in [0.1, 0.15) is 23.1 Å². The van der Waals surface area contributed by atoms with Crippen LogP contribution in [-0.2, 0) is 11.3 Å². The summed E-state index contributed by atoms with van der Waals surface area (Å²) in [5.74, 6) is 1.89. The van der Waals surface area contributed by atoms with E-state index in [1.165, 1.54) is 29.8 Å². The van der Waals surface area contributed by atoms with E-state index in [0.717, 1.165) is 31.3 Å². The molecule has 1 atom stereocenters. The normalized spacial score (nSPS) is 19.8. The van der Waals surface area contributed by atoms with Gasteiger partial charge < -0.3 is 9.64 Å². The van der Waals surface area contributed by atoms with Gasteiger partial charge in [-0.05, 0) is 36.8 Å². The lowest BCUT2D eigenvalue weighted by Gasteiger charge is -2.50. The summed E-state index contributed by atoms with van der Waals surface area (Å²) in [6, 6.07) is 16.1.